The van der Waals surface area contributed by atoms with Gasteiger partial charge in [-0.2, -0.15) is 0 Å². The molecule has 0 spiro atoms. The first-order valence-electron chi connectivity index (χ1n) is 9.49. The predicted molar refractivity (Wildman–Crippen MR) is 108 cm³/mol. The number of carbonyl (C=O) groups is 1. The number of rotatable bonds is 5. The van der Waals surface area contributed by atoms with Crippen LogP contribution >= 0.6 is 0 Å². The molecule has 1 aliphatic rings. The van der Waals surface area contributed by atoms with Crippen molar-refractivity contribution in [2.24, 2.45) is 5.92 Å². The molecule has 3 heterocycles. The van der Waals surface area contributed by atoms with E-state index in [1.165, 1.54) is 11.1 Å². The Morgan fingerprint density at radius 2 is 1.93 bits per heavy atom. The average Bonchev–Trinajstić information content (AvgIpc) is 2.73. The van der Waals surface area contributed by atoms with E-state index in [0.29, 0.717) is 38.4 Å². The lowest BCUT2D eigenvalue weighted by molar-refractivity contribution is -0.142. The third-order valence-electron chi connectivity index (χ3n) is 5.20. The van der Waals surface area contributed by atoms with Crippen LogP contribution in [0.15, 0.2) is 42.7 Å². The summed E-state index contributed by atoms with van der Waals surface area (Å²) < 4.78 is 0. The maximum atomic E-state index is 11.2. The molecule has 0 atom stereocenters. The van der Waals surface area contributed by atoms with Gasteiger partial charge in [0.2, 0.25) is 5.95 Å². The van der Waals surface area contributed by atoms with Crippen LogP contribution in [0.2, 0.25) is 0 Å². The number of carboxylic acids is 1. The lowest BCUT2D eigenvalue weighted by Crippen LogP contribution is -2.36. The number of fused-ring (bicyclic) bond motifs is 1. The summed E-state index contributed by atoms with van der Waals surface area (Å²) in [7, 11) is 0. The van der Waals surface area contributed by atoms with E-state index < -0.39 is 5.97 Å². The van der Waals surface area contributed by atoms with Gasteiger partial charge in [-0.05, 0) is 31.4 Å². The highest BCUT2D eigenvalue weighted by Gasteiger charge is 2.26. The van der Waals surface area contributed by atoms with Gasteiger partial charge in [-0.25, -0.2) is 15.0 Å². The maximum Gasteiger partial charge on any atom is 0.306 e. The fourth-order valence-corrected chi connectivity index (χ4v) is 3.50. The van der Waals surface area contributed by atoms with Crippen LogP contribution in [-0.2, 0) is 11.3 Å². The molecule has 3 aromatic rings. The van der Waals surface area contributed by atoms with E-state index in [1.807, 2.05) is 6.07 Å². The number of piperidine rings is 1. The van der Waals surface area contributed by atoms with Crippen LogP contribution in [0.3, 0.4) is 0 Å². The zero-order chi connectivity index (χ0) is 19.5. The van der Waals surface area contributed by atoms with Crippen molar-refractivity contribution in [2.45, 2.75) is 26.3 Å². The molecule has 0 bridgehead atoms. The molecule has 7 heteroatoms. The van der Waals surface area contributed by atoms with Gasteiger partial charge in [0.1, 0.15) is 5.82 Å². The van der Waals surface area contributed by atoms with Crippen LogP contribution < -0.4 is 10.2 Å². The summed E-state index contributed by atoms with van der Waals surface area (Å²) in [6, 6.07) is 10.2. The second-order valence-corrected chi connectivity index (χ2v) is 7.20. The minimum Gasteiger partial charge on any atom is -0.481 e. The van der Waals surface area contributed by atoms with Gasteiger partial charge >= 0.3 is 5.97 Å². The minimum absolute atomic E-state index is 0.264. The van der Waals surface area contributed by atoms with Crippen molar-refractivity contribution in [1.82, 2.24) is 15.0 Å². The van der Waals surface area contributed by atoms with Gasteiger partial charge in [-0.1, -0.05) is 29.8 Å². The van der Waals surface area contributed by atoms with Gasteiger partial charge < -0.3 is 15.3 Å². The second-order valence-electron chi connectivity index (χ2n) is 7.20. The van der Waals surface area contributed by atoms with Gasteiger partial charge in [0.25, 0.3) is 0 Å². The van der Waals surface area contributed by atoms with Crippen molar-refractivity contribution in [3.05, 3.63) is 53.9 Å². The Hall–Kier alpha value is -3.22. The molecule has 0 aliphatic carbocycles. The van der Waals surface area contributed by atoms with Crippen LogP contribution in [-0.4, -0.2) is 39.1 Å². The zero-order valence-electron chi connectivity index (χ0n) is 15.8. The molecule has 1 saturated heterocycles. The first kappa shape index (κ1) is 18.2. The Labute approximate surface area is 163 Å². The molecule has 144 valence electrons. The summed E-state index contributed by atoms with van der Waals surface area (Å²) >= 11 is 0. The maximum absolute atomic E-state index is 11.2. The number of aromatic nitrogens is 3. The zero-order valence-corrected chi connectivity index (χ0v) is 15.8. The number of pyridine rings is 1. The van der Waals surface area contributed by atoms with Gasteiger partial charge in [0.05, 0.1) is 16.8 Å². The third-order valence-corrected chi connectivity index (χ3v) is 5.20. The van der Waals surface area contributed by atoms with Crippen molar-refractivity contribution >= 4 is 28.6 Å². The summed E-state index contributed by atoms with van der Waals surface area (Å²) in [6.07, 6.45) is 4.80. The standard InChI is InChI=1S/C21H23N5O2/c1-14-2-4-15(5-3-14)12-23-21-24-13-17-18(25-21)6-9-22-19(17)26-10-7-16(8-11-26)20(27)28/h2-6,9,13,16H,7-8,10-12H2,1H3,(H,27,28)(H,23,24,25). The molecule has 2 aromatic heterocycles. The summed E-state index contributed by atoms with van der Waals surface area (Å²) in [6.45, 7) is 4.08. The number of nitrogens with zero attached hydrogens (tertiary/aromatic N) is 4. The number of aliphatic carboxylic acids is 1. The quantitative estimate of drug-likeness (QED) is 0.705. The molecule has 1 fully saturated rings. The summed E-state index contributed by atoms with van der Waals surface area (Å²) in [5.41, 5.74) is 3.23. The highest BCUT2D eigenvalue weighted by Crippen LogP contribution is 2.27. The van der Waals surface area contributed by atoms with Crippen LogP contribution in [0.25, 0.3) is 10.9 Å². The Morgan fingerprint density at radius 1 is 1.18 bits per heavy atom. The SMILES string of the molecule is Cc1ccc(CNc2ncc3c(N4CCC(C(=O)O)CC4)nccc3n2)cc1. The summed E-state index contributed by atoms with van der Waals surface area (Å²) in [4.78, 5) is 26.9. The van der Waals surface area contributed by atoms with Crippen molar-refractivity contribution in [1.29, 1.82) is 0 Å². The van der Waals surface area contributed by atoms with Crippen molar-refractivity contribution in [2.75, 3.05) is 23.3 Å². The monoisotopic (exact) mass is 377 g/mol. The summed E-state index contributed by atoms with van der Waals surface area (Å²) in [5.74, 6) is 0.430. The first-order chi connectivity index (χ1) is 13.6. The molecule has 0 radical (unpaired) electrons. The topological polar surface area (TPSA) is 91.2 Å². The molecular weight excluding hydrogens is 354 g/mol. The second kappa shape index (κ2) is 7.80. The molecule has 1 aliphatic heterocycles. The van der Waals surface area contributed by atoms with Crippen LogP contribution in [0.4, 0.5) is 11.8 Å². The minimum atomic E-state index is -0.710. The highest BCUT2D eigenvalue weighted by atomic mass is 16.4. The predicted octanol–water partition coefficient (Wildman–Crippen LogP) is 3.25. The fourth-order valence-electron chi connectivity index (χ4n) is 3.50. The van der Waals surface area contributed by atoms with Gasteiger partial charge in [0.15, 0.2) is 0 Å². The number of carboxylic acid groups (broad SMARTS) is 1. The molecule has 0 saturated carbocycles. The Bertz CT molecular complexity index is 982. The molecule has 7 nitrogen and oxygen atoms in total. The third kappa shape index (κ3) is 3.88. The largest absolute Gasteiger partial charge is 0.481 e. The van der Waals surface area contributed by atoms with Crippen LogP contribution in [0, 0.1) is 12.8 Å². The molecule has 0 amide bonds. The number of hydrogen-bond acceptors (Lipinski definition) is 6. The van der Waals surface area contributed by atoms with Crippen molar-refractivity contribution in [3.63, 3.8) is 0 Å². The molecule has 28 heavy (non-hydrogen) atoms. The van der Waals surface area contributed by atoms with Gasteiger partial charge in [0, 0.05) is 32.0 Å². The Balaban J connectivity index is 1.50. The van der Waals surface area contributed by atoms with E-state index in [1.54, 1.807) is 12.4 Å². The van der Waals surface area contributed by atoms with E-state index in [0.717, 1.165) is 16.7 Å². The van der Waals surface area contributed by atoms with Crippen molar-refractivity contribution in [3.8, 4) is 0 Å². The molecule has 4 rings (SSSR count). The van der Waals surface area contributed by atoms with E-state index in [2.05, 4.69) is 56.4 Å². The number of hydrogen-bond donors (Lipinski definition) is 2. The summed E-state index contributed by atoms with van der Waals surface area (Å²) in [5, 5.41) is 13.3. The van der Waals surface area contributed by atoms with E-state index >= 15 is 0 Å². The fraction of sp³-hybridized carbons (Fsp3) is 0.333. The first-order valence-corrected chi connectivity index (χ1v) is 9.49. The van der Waals surface area contributed by atoms with E-state index in [4.69, 9.17) is 0 Å². The average molecular weight is 377 g/mol. The number of anilines is 2. The normalized spacial score (nSPS) is 15.0. The lowest BCUT2D eigenvalue weighted by Gasteiger charge is -2.31. The van der Waals surface area contributed by atoms with Gasteiger partial charge in [-0.3, -0.25) is 4.79 Å². The molecule has 1 aromatic carbocycles. The van der Waals surface area contributed by atoms with Gasteiger partial charge in [-0.15, -0.1) is 0 Å². The molecule has 0 unspecified atom stereocenters. The van der Waals surface area contributed by atoms with Crippen LogP contribution in [0.5, 0.6) is 0 Å². The highest BCUT2D eigenvalue weighted by molar-refractivity contribution is 5.89. The number of benzene rings is 1. The molecule has 2 N–H and O–H groups in total. The number of nitrogens with one attached hydrogen (secondary N) is 1. The van der Waals surface area contributed by atoms with E-state index in [-0.39, 0.29) is 5.92 Å². The lowest BCUT2D eigenvalue weighted by atomic mass is 9.97. The number of aryl methyl sites for hydroxylation is 1. The van der Waals surface area contributed by atoms with Crippen molar-refractivity contribution < 1.29 is 9.90 Å². The van der Waals surface area contributed by atoms with E-state index in [9.17, 15) is 9.90 Å². The Morgan fingerprint density at radius 3 is 2.64 bits per heavy atom. The smallest absolute Gasteiger partial charge is 0.306 e. The van der Waals surface area contributed by atoms with Crippen LogP contribution in [0.1, 0.15) is 24.0 Å². The molecular formula is C21H23N5O2. The Kier molecular flexibility index (Phi) is 5.06.